The minimum absolute atomic E-state index is 0.181. The van der Waals surface area contributed by atoms with Gasteiger partial charge in [-0.15, -0.1) is 0 Å². The van der Waals surface area contributed by atoms with Crippen molar-refractivity contribution in [2.24, 2.45) is 5.41 Å². The first-order valence-corrected chi connectivity index (χ1v) is 6.05. The summed E-state index contributed by atoms with van der Waals surface area (Å²) in [6.07, 6.45) is 3.42. The summed E-state index contributed by atoms with van der Waals surface area (Å²) >= 11 is 2.46. The van der Waals surface area contributed by atoms with Crippen molar-refractivity contribution in [2.75, 3.05) is 17.6 Å². The second-order valence-electron chi connectivity index (χ2n) is 4.23. The molecule has 0 unspecified atom stereocenters. The Kier molecular flexibility index (Phi) is 2.38. The number of alkyl halides is 1. The van der Waals surface area contributed by atoms with E-state index in [1.165, 1.54) is 10.8 Å². The molecule has 2 nitrogen and oxygen atoms in total. The normalized spacial score (nSPS) is 39.5. The van der Waals surface area contributed by atoms with Crippen molar-refractivity contribution in [3.63, 3.8) is 0 Å². The molecule has 0 aromatic carbocycles. The zero-order chi connectivity index (χ0) is 8.66. The van der Waals surface area contributed by atoms with Crippen molar-refractivity contribution in [1.82, 2.24) is 0 Å². The van der Waals surface area contributed by atoms with E-state index in [1.54, 1.807) is 0 Å². The fraction of sp³-hybridized carbons (Fsp3) is 1.00. The van der Waals surface area contributed by atoms with Crippen molar-refractivity contribution in [2.45, 2.75) is 32.0 Å². The van der Waals surface area contributed by atoms with E-state index in [-0.39, 0.29) is 5.79 Å². The summed E-state index contributed by atoms with van der Waals surface area (Å²) in [7, 11) is 0. The highest BCUT2D eigenvalue weighted by molar-refractivity contribution is 14.1. The molecule has 0 N–H and O–H groups in total. The van der Waals surface area contributed by atoms with Crippen molar-refractivity contribution in [3.05, 3.63) is 0 Å². The maximum absolute atomic E-state index is 5.67. The van der Waals surface area contributed by atoms with Gasteiger partial charge < -0.3 is 9.47 Å². The fourth-order valence-corrected chi connectivity index (χ4v) is 2.83. The number of rotatable bonds is 1. The van der Waals surface area contributed by atoms with E-state index in [0.717, 1.165) is 26.1 Å². The van der Waals surface area contributed by atoms with Gasteiger partial charge in [-0.05, 0) is 11.8 Å². The first-order valence-electron chi connectivity index (χ1n) is 4.52. The molecule has 1 aliphatic carbocycles. The average Bonchev–Trinajstić information content (AvgIpc) is 2.63. The molecule has 0 bridgehead atoms. The van der Waals surface area contributed by atoms with Crippen molar-refractivity contribution < 1.29 is 9.47 Å². The summed E-state index contributed by atoms with van der Waals surface area (Å²) in [5.74, 6) is -0.181. The minimum atomic E-state index is -0.181. The van der Waals surface area contributed by atoms with Gasteiger partial charge in [0.25, 0.3) is 0 Å². The highest BCUT2D eigenvalue weighted by atomic mass is 127. The summed E-state index contributed by atoms with van der Waals surface area (Å²) in [5, 5.41) is 0. The van der Waals surface area contributed by atoms with E-state index in [9.17, 15) is 0 Å². The first kappa shape index (κ1) is 9.21. The average molecular weight is 282 g/mol. The summed E-state index contributed by atoms with van der Waals surface area (Å²) in [6, 6.07) is 0. The Morgan fingerprint density at radius 1 is 1.25 bits per heavy atom. The largest absolute Gasteiger partial charge is 0.348 e. The molecule has 0 radical (unpaired) electrons. The Hall–Kier alpha value is 0.650. The Labute approximate surface area is 87.1 Å². The lowest BCUT2D eigenvalue weighted by Crippen LogP contribution is -2.28. The monoisotopic (exact) mass is 282 g/mol. The van der Waals surface area contributed by atoms with Crippen LogP contribution in [0.4, 0.5) is 0 Å². The van der Waals surface area contributed by atoms with Crippen LogP contribution in [0.25, 0.3) is 0 Å². The second kappa shape index (κ2) is 3.10. The molecule has 1 saturated carbocycles. The van der Waals surface area contributed by atoms with Crippen LogP contribution in [0.1, 0.15) is 26.2 Å². The minimum Gasteiger partial charge on any atom is -0.348 e. The number of hydrogen-bond donors (Lipinski definition) is 0. The van der Waals surface area contributed by atoms with Crippen LogP contribution >= 0.6 is 22.6 Å². The van der Waals surface area contributed by atoms with Gasteiger partial charge in [0.1, 0.15) is 0 Å². The van der Waals surface area contributed by atoms with Crippen LogP contribution < -0.4 is 0 Å². The molecule has 1 atom stereocenters. The van der Waals surface area contributed by atoms with Crippen LogP contribution in [-0.4, -0.2) is 23.4 Å². The van der Waals surface area contributed by atoms with Crippen molar-refractivity contribution in [1.29, 1.82) is 0 Å². The highest BCUT2D eigenvalue weighted by Crippen LogP contribution is 2.48. The summed E-state index contributed by atoms with van der Waals surface area (Å²) < 4.78 is 12.6. The van der Waals surface area contributed by atoms with Crippen LogP contribution in [0.15, 0.2) is 0 Å². The second-order valence-corrected chi connectivity index (χ2v) is 4.99. The van der Waals surface area contributed by atoms with Gasteiger partial charge in [0.15, 0.2) is 5.79 Å². The lowest BCUT2D eigenvalue weighted by atomic mass is 9.91. The fourth-order valence-electron chi connectivity index (χ4n) is 2.18. The first-order chi connectivity index (χ1) is 5.68. The van der Waals surface area contributed by atoms with Gasteiger partial charge in [-0.25, -0.2) is 0 Å². The zero-order valence-electron chi connectivity index (χ0n) is 7.44. The van der Waals surface area contributed by atoms with E-state index in [4.69, 9.17) is 9.47 Å². The van der Waals surface area contributed by atoms with E-state index in [1.807, 2.05) is 0 Å². The molecule has 2 rings (SSSR count). The van der Waals surface area contributed by atoms with Gasteiger partial charge in [0.05, 0.1) is 13.2 Å². The lowest BCUT2D eigenvalue weighted by Gasteiger charge is -2.25. The lowest BCUT2D eigenvalue weighted by molar-refractivity contribution is -0.155. The van der Waals surface area contributed by atoms with Gasteiger partial charge in [-0.2, -0.15) is 0 Å². The van der Waals surface area contributed by atoms with Gasteiger partial charge in [0.2, 0.25) is 0 Å². The van der Waals surface area contributed by atoms with Gasteiger partial charge in [0, 0.05) is 17.3 Å². The topological polar surface area (TPSA) is 18.5 Å². The number of hydrogen-bond acceptors (Lipinski definition) is 2. The third-order valence-corrected chi connectivity index (χ3v) is 4.78. The SMILES string of the molecule is C[C@]1(CI)CCC2(C1)OCCO2. The van der Waals surface area contributed by atoms with Crippen LogP contribution in [0.2, 0.25) is 0 Å². The number of ether oxygens (including phenoxy) is 2. The Balaban J connectivity index is 2.05. The molecule has 12 heavy (non-hydrogen) atoms. The standard InChI is InChI=1S/C9H15IO2/c1-8(7-10)2-3-9(6-8)11-4-5-12-9/h2-7H2,1H3/t8-/m0/s1. The van der Waals surface area contributed by atoms with Crippen LogP contribution in [0.3, 0.4) is 0 Å². The maximum atomic E-state index is 5.67. The van der Waals surface area contributed by atoms with Gasteiger partial charge >= 0.3 is 0 Å². The molecule has 1 spiro atoms. The Morgan fingerprint density at radius 2 is 1.92 bits per heavy atom. The Morgan fingerprint density at radius 3 is 2.42 bits per heavy atom. The Bertz CT molecular complexity index is 177. The summed E-state index contributed by atoms with van der Waals surface area (Å²) in [6.45, 7) is 3.91. The summed E-state index contributed by atoms with van der Waals surface area (Å²) in [4.78, 5) is 0. The smallest absolute Gasteiger partial charge is 0.169 e. The molecule has 1 heterocycles. The molecule has 70 valence electrons. The molecule has 0 aromatic heterocycles. The molecule has 2 fully saturated rings. The van der Waals surface area contributed by atoms with Crippen LogP contribution in [-0.2, 0) is 9.47 Å². The van der Waals surface area contributed by atoms with Crippen molar-refractivity contribution >= 4 is 22.6 Å². The van der Waals surface area contributed by atoms with Crippen LogP contribution in [0, 0.1) is 5.41 Å². The molecular formula is C9H15IO2. The van der Waals surface area contributed by atoms with E-state index < -0.39 is 0 Å². The third-order valence-electron chi connectivity index (χ3n) is 2.94. The number of halogens is 1. The molecule has 0 aromatic rings. The van der Waals surface area contributed by atoms with Crippen LogP contribution in [0.5, 0.6) is 0 Å². The maximum Gasteiger partial charge on any atom is 0.169 e. The van der Waals surface area contributed by atoms with Gasteiger partial charge in [-0.1, -0.05) is 29.5 Å². The van der Waals surface area contributed by atoms with E-state index in [0.29, 0.717) is 5.41 Å². The molecule has 3 heteroatoms. The summed E-state index contributed by atoms with van der Waals surface area (Å²) in [5.41, 5.74) is 0.449. The highest BCUT2D eigenvalue weighted by Gasteiger charge is 2.48. The molecule has 0 amide bonds. The predicted octanol–water partition coefficient (Wildman–Crippen LogP) is 2.35. The van der Waals surface area contributed by atoms with E-state index >= 15 is 0 Å². The molecule has 2 aliphatic rings. The van der Waals surface area contributed by atoms with Gasteiger partial charge in [-0.3, -0.25) is 0 Å². The van der Waals surface area contributed by atoms with Crippen molar-refractivity contribution in [3.8, 4) is 0 Å². The van der Waals surface area contributed by atoms with E-state index in [2.05, 4.69) is 29.5 Å². The molecular weight excluding hydrogens is 267 g/mol. The quantitative estimate of drug-likeness (QED) is 0.543. The molecule has 1 aliphatic heterocycles. The third kappa shape index (κ3) is 1.51. The zero-order valence-corrected chi connectivity index (χ0v) is 9.59. The predicted molar refractivity (Wildman–Crippen MR) is 55.5 cm³/mol. The molecule has 1 saturated heterocycles.